The molecule has 0 saturated heterocycles. The maximum atomic E-state index is 2.38. The zero-order valence-corrected chi connectivity index (χ0v) is 15.9. The first-order chi connectivity index (χ1) is 5.08. The normalized spacial score (nSPS) is 7.20. The monoisotopic (exact) mass is 268 g/mol. The SMILES string of the molecule is CCN(CC)CC.CN(C)C.[Al+3].[Al+3].[Al+3].[Al+3]. The fraction of sp³-hybridized carbons (Fsp3) is 1.00. The van der Waals surface area contributed by atoms with Gasteiger partial charge in [0, 0.05) is 0 Å². The topological polar surface area (TPSA) is 6.48 Å². The van der Waals surface area contributed by atoms with Crippen molar-refractivity contribution >= 4 is 69.4 Å². The van der Waals surface area contributed by atoms with Crippen LogP contribution in [0.2, 0.25) is 0 Å². The number of hydrogen-bond donors (Lipinski definition) is 0. The summed E-state index contributed by atoms with van der Waals surface area (Å²) in [6.45, 7) is 10.1. The van der Waals surface area contributed by atoms with E-state index >= 15 is 0 Å². The van der Waals surface area contributed by atoms with E-state index in [4.69, 9.17) is 0 Å². The first-order valence-electron chi connectivity index (χ1n) is 4.41. The van der Waals surface area contributed by atoms with Crippen molar-refractivity contribution in [1.82, 2.24) is 9.80 Å². The van der Waals surface area contributed by atoms with Gasteiger partial charge in [0.15, 0.2) is 0 Å². The summed E-state index contributed by atoms with van der Waals surface area (Å²) in [4.78, 5) is 4.38. The fourth-order valence-electron chi connectivity index (χ4n) is 0.671. The molecule has 0 saturated carbocycles. The second-order valence-corrected chi connectivity index (χ2v) is 2.96. The van der Waals surface area contributed by atoms with Crippen LogP contribution in [0.25, 0.3) is 0 Å². The van der Waals surface area contributed by atoms with E-state index in [9.17, 15) is 0 Å². The van der Waals surface area contributed by atoms with Gasteiger partial charge in [0.1, 0.15) is 0 Å². The zero-order chi connectivity index (χ0) is 9.28. The van der Waals surface area contributed by atoms with E-state index in [1.54, 1.807) is 0 Å². The van der Waals surface area contributed by atoms with Crippen molar-refractivity contribution in [2.24, 2.45) is 0 Å². The minimum Gasteiger partial charge on any atom is -0.312 e. The Bertz CT molecular complexity index is 62.9. The summed E-state index contributed by atoms with van der Waals surface area (Å²) in [5.74, 6) is 0. The van der Waals surface area contributed by atoms with Gasteiger partial charge < -0.3 is 9.80 Å². The molecular formula is C9H24Al4N2+12. The minimum absolute atomic E-state index is 0. The van der Waals surface area contributed by atoms with Gasteiger partial charge in [-0.15, -0.1) is 0 Å². The zero-order valence-electron chi connectivity index (χ0n) is 11.3. The third kappa shape index (κ3) is 48.9. The smallest absolute Gasteiger partial charge is 0.312 e. The van der Waals surface area contributed by atoms with Crippen LogP contribution in [-0.2, 0) is 0 Å². The van der Waals surface area contributed by atoms with Gasteiger partial charge in [0.05, 0.1) is 0 Å². The molecule has 70 valence electrons. The van der Waals surface area contributed by atoms with Gasteiger partial charge in [-0.25, -0.2) is 0 Å². The van der Waals surface area contributed by atoms with Gasteiger partial charge in [-0.05, 0) is 40.8 Å². The van der Waals surface area contributed by atoms with Crippen LogP contribution >= 0.6 is 0 Å². The summed E-state index contributed by atoms with van der Waals surface area (Å²) >= 11 is 0. The van der Waals surface area contributed by atoms with E-state index in [0.717, 1.165) is 0 Å². The van der Waals surface area contributed by atoms with E-state index in [1.807, 2.05) is 26.0 Å². The summed E-state index contributed by atoms with van der Waals surface area (Å²) < 4.78 is 0. The molecule has 0 radical (unpaired) electrons. The standard InChI is InChI=1S/C6H15N.C3H9N.4Al/c1-4-7(5-2)6-3;1-4(2)3;;;;/h4-6H2,1-3H3;1-3H3;;;;/q;;4*+3. The summed E-state index contributed by atoms with van der Waals surface area (Å²) in [5, 5.41) is 0. The molecule has 0 heterocycles. The molecule has 0 aromatic heterocycles. The molecule has 0 aliphatic rings. The third-order valence-electron chi connectivity index (χ3n) is 1.34. The third-order valence-corrected chi connectivity index (χ3v) is 1.34. The first kappa shape index (κ1) is 36.0. The van der Waals surface area contributed by atoms with Crippen molar-refractivity contribution in [3.63, 3.8) is 0 Å². The molecule has 0 rings (SSSR count). The van der Waals surface area contributed by atoms with Crippen LogP contribution in [0, 0.1) is 0 Å². The maximum Gasteiger partial charge on any atom is 3.00 e. The molecular weight excluding hydrogens is 244 g/mol. The molecule has 0 aromatic carbocycles. The second kappa shape index (κ2) is 29.8. The molecule has 0 aliphatic carbocycles. The van der Waals surface area contributed by atoms with Crippen molar-refractivity contribution < 1.29 is 0 Å². The molecule has 6 heteroatoms. The van der Waals surface area contributed by atoms with Crippen LogP contribution in [-0.4, -0.2) is 120 Å². The summed E-state index contributed by atoms with van der Waals surface area (Å²) in [7, 11) is 6.00. The average Bonchev–Trinajstić information content (AvgIpc) is 1.90. The van der Waals surface area contributed by atoms with Gasteiger partial charge in [-0.3, -0.25) is 0 Å². The van der Waals surface area contributed by atoms with Gasteiger partial charge in [-0.2, -0.15) is 0 Å². The Hall–Kier alpha value is 2.05. The van der Waals surface area contributed by atoms with Crippen LogP contribution < -0.4 is 0 Å². The van der Waals surface area contributed by atoms with Crippen molar-refractivity contribution in [3.05, 3.63) is 0 Å². The largest absolute Gasteiger partial charge is 3.00 e. The summed E-state index contributed by atoms with van der Waals surface area (Å²) in [5.41, 5.74) is 0. The molecule has 0 aliphatic heterocycles. The Labute approximate surface area is 140 Å². The van der Waals surface area contributed by atoms with Crippen molar-refractivity contribution in [3.8, 4) is 0 Å². The van der Waals surface area contributed by atoms with Crippen LogP contribution in [0.4, 0.5) is 0 Å². The van der Waals surface area contributed by atoms with Crippen LogP contribution in [0.3, 0.4) is 0 Å². The second-order valence-electron chi connectivity index (χ2n) is 2.96. The molecule has 0 aromatic rings. The Morgan fingerprint density at radius 3 is 0.733 bits per heavy atom. The van der Waals surface area contributed by atoms with Crippen LogP contribution in [0.1, 0.15) is 20.8 Å². The summed E-state index contributed by atoms with van der Waals surface area (Å²) in [6, 6.07) is 0. The molecule has 0 fully saturated rings. The fourth-order valence-corrected chi connectivity index (χ4v) is 0.671. The van der Waals surface area contributed by atoms with Crippen molar-refractivity contribution in [2.45, 2.75) is 20.8 Å². The summed E-state index contributed by atoms with van der Waals surface area (Å²) in [6.07, 6.45) is 0. The van der Waals surface area contributed by atoms with Crippen LogP contribution in [0.15, 0.2) is 0 Å². The molecule has 0 amide bonds. The predicted molar refractivity (Wildman–Crippen MR) is 76.1 cm³/mol. The van der Waals surface area contributed by atoms with Crippen molar-refractivity contribution in [2.75, 3.05) is 40.8 Å². The maximum absolute atomic E-state index is 2.38. The van der Waals surface area contributed by atoms with E-state index in [0.29, 0.717) is 0 Å². The minimum atomic E-state index is 0. The van der Waals surface area contributed by atoms with Gasteiger partial charge in [-0.1, -0.05) is 20.8 Å². The molecule has 0 bridgehead atoms. The Balaban J connectivity index is -0.0000000230. The Morgan fingerprint density at radius 2 is 0.733 bits per heavy atom. The quantitative estimate of drug-likeness (QED) is 0.665. The van der Waals surface area contributed by atoms with E-state index in [2.05, 4.69) is 25.7 Å². The number of nitrogens with zero attached hydrogens (tertiary/aromatic N) is 2. The van der Waals surface area contributed by atoms with E-state index in [-0.39, 0.29) is 69.4 Å². The van der Waals surface area contributed by atoms with E-state index in [1.165, 1.54) is 19.6 Å². The van der Waals surface area contributed by atoms with Gasteiger partial charge >= 0.3 is 69.4 Å². The van der Waals surface area contributed by atoms with Gasteiger partial charge in [0.25, 0.3) is 0 Å². The molecule has 0 unspecified atom stereocenters. The van der Waals surface area contributed by atoms with Crippen LogP contribution in [0.5, 0.6) is 0 Å². The predicted octanol–water partition coefficient (Wildman–Crippen LogP) is 0.00270. The number of hydrogen-bond acceptors (Lipinski definition) is 2. The molecule has 0 spiro atoms. The molecule has 15 heavy (non-hydrogen) atoms. The van der Waals surface area contributed by atoms with Crippen molar-refractivity contribution in [1.29, 1.82) is 0 Å². The first-order valence-corrected chi connectivity index (χ1v) is 4.41. The average molecular weight is 268 g/mol. The Morgan fingerprint density at radius 1 is 0.600 bits per heavy atom. The molecule has 0 N–H and O–H groups in total. The number of rotatable bonds is 3. The van der Waals surface area contributed by atoms with E-state index < -0.39 is 0 Å². The molecule has 0 atom stereocenters. The Kier molecular flexibility index (Phi) is 71.4. The van der Waals surface area contributed by atoms with Gasteiger partial charge in [0.2, 0.25) is 0 Å². The molecule has 2 nitrogen and oxygen atoms in total.